The molecule has 0 saturated heterocycles. The van der Waals surface area contributed by atoms with Crippen molar-refractivity contribution in [3.8, 4) is 0 Å². The molecule has 0 spiro atoms. The SMILES string of the molecule is CCc1ccc2ncnc(N(C)CCc3ccncc3)c2c1. The van der Waals surface area contributed by atoms with Crippen LogP contribution < -0.4 is 4.90 Å². The van der Waals surface area contributed by atoms with Crippen LogP contribution in [0.5, 0.6) is 0 Å². The molecule has 4 nitrogen and oxygen atoms in total. The Morgan fingerprint density at radius 1 is 1.00 bits per heavy atom. The second-order valence-electron chi connectivity index (χ2n) is 5.43. The van der Waals surface area contributed by atoms with E-state index in [1.165, 1.54) is 11.1 Å². The molecule has 0 fully saturated rings. The number of pyridine rings is 1. The summed E-state index contributed by atoms with van der Waals surface area (Å²) in [7, 11) is 2.08. The van der Waals surface area contributed by atoms with E-state index in [-0.39, 0.29) is 0 Å². The van der Waals surface area contributed by atoms with Gasteiger partial charge in [0.2, 0.25) is 0 Å². The Kier molecular flexibility index (Phi) is 4.28. The summed E-state index contributed by atoms with van der Waals surface area (Å²) in [6.45, 7) is 3.07. The molecule has 112 valence electrons. The van der Waals surface area contributed by atoms with Gasteiger partial charge in [0, 0.05) is 31.4 Å². The molecule has 3 aromatic rings. The van der Waals surface area contributed by atoms with Crippen LogP contribution in [0.15, 0.2) is 49.1 Å². The molecular weight excluding hydrogens is 272 g/mol. The molecule has 2 aromatic heterocycles. The number of benzene rings is 1. The zero-order valence-electron chi connectivity index (χ0n) is 13.0. The molecule has 0 unspecified atom stereocenters. The minimum atomic E-state index is 0.909. The number of anilines is 1. The number of aryl methyl sites for hydroxylation is 1. The van der Waals surface area contributed by atoms with Crippen molar-refractivity contribution in [3.63, 3.8) is 0 Å². The highest BCUT2D eigenvalue weighted by atomic mass is 15.2. The minimum Gasteiger partial charge on any atom is -0.359 e. The third-order valence-corrected chi connectivity index (χ3v) is 3.93. The van der Waals surface area contributed by atoms with Gasteiger partial charge in [-0.25, -0.2) is 9.97 Å². The molecule has 0 aliphatic carbocycles. The van der Waals surface area contributed by atoms with Gasteiger partial charge in [0.25, 0.3) is 0 Å². The van der Waals surface area contributed by atoms with E-state index >= 15 is 0 Å². The van der Waals surface area contributed by atoms with Crippen LogP contribution >= 0.6 is 0 Å². The van der Waals surface area contributed by atoms with Crippen molar-refractivity contribution in [2.75, 3.05) is 18.5 Å². The van der Waals surface area contributed by atoms with E-state index in [1.807, 2.05) is 12.4 Å². The highest BCUT2D eigenvalue weighted by Crippen LogP contribution is 2.23. The summed E-state index contributed by atoms with van der Waals surface area (Å²) in [6.07, 6.45) is 7.31. The van der Waals surface area contributed by atoms with Gasteiger partial charge in [-0.2, -0.15) is 0 Å². The van der Waals surface area contributed by atoms with Crippen molar-refractivity contribution in [1.29, 1.82) is 0 Å². The predicted molar refractivity (Wildman–Crippen MR) is 90.1 cm³/mol. The predicted octanol–water partition coefficient (Wildman–Crippen LogP) is 3.27. The normalized spacial score (nSPS) is 10.8. The lowest BCUT2D eigenvalue weighted by Crippen LogP contribution is -2.21. The molecule has 2 heterocycles. The third kappa shape index (κ3) is 3.06. The number of aromatic nitrogens is 3. The Balaban J connectivity index is 1.85. The van der Waals surface area contributed by atoms with Crippen LogP contribution in [0.3, 0.4) is 0 Å². The Hall–Kier alpha value is -2.49. The largest absolute Gasteiger partial charge is 0.359 e. The quantitative estimate of drug-likeness (QED) is 0.724. The summed E-state index contributed by atoms with van der Waals surface area (Å²) < 4.78 is 0. The first-order chi connectivity index (χ1) is 10.8. The fraction of sp³-hybridized carbons (Fsp3) is 0.278. The molecule has 0 amide bonds. The van der Waals surface area contributed by atoms with Crippen molar-refractivity contribution in [2.45, 2.75) is 19.8 Å². The van der Waals surface area contributed by atoms with E-state index in [0.29, 0.717) is 0 Å². The lowest BCUT2D eigenvalue weighted by molar-refractivity contribution is 0.860. The van der Waals surface area contributed by atoms with Crippen molar-refractivity contribution in [1.82, 2.24) is 15.0 Å². The summed E-state index contributed by atoms with van der Waals surface area (Å²) >= 11 is 0. The Labute approximate surface area is 130 Å². The highest BCUT2D eigenvalue weighted by Gasteiger charge is 2.09. The molecule has 22 heavy (non-hydrogen) atoms. The number of rotatable bonds is 5. The number of hydrogen-bond acceptors (Lipinski definition) is 4. The summed E-state index contributed by atoms with van der Waals surface area (Å²) in [5, 5.41) is 1.12. The molecule has 0 aliphatic heterocycles. The van der Waals surface area contributed by atoms with E-state index in [1.54, 1.807) is 6.33 Å². The zero-order valence-corrected chi connectivity index (χ0v) is 13.0. The summed E-state index contributed by atoms with van der Waals surface area (Å²) in [4.78, 5) is 15.1. The van der Waals surface area contributed by atoms with Gasteiger partial charge in [-0.3, -0.25) is 4.98 Å². The first kappa shape index (κ1) is 14.4. The van der Waals surface area contributed by atoms with Gasteiger partial charge in [0.15, 0.2) is 0 Å². The molecule has 3 rings (SSSR count). The number of hydrogen-bond donors (Lipinski definition) is 0. The van der Waals surface area contributed by atoms with Gasteiger partial charge in [-0.15, -0.1) is 0 Å². The van der Waals surface area contributed by atoms with Gasteiger partial charge in [0.1, 0.15) is 12.1 Å². The lowest BCUT2D eigenvalue weighted by atomic mass is 10.1. The van der Waals surface area contributed by atoms with E-state index in [9.17, 15) is 0 Å². The third-order valence-electron chi connectivity index (χ3n) is 3.93. The first-order valence-electron chi connectivity index (χ1n) is 7.61. The van der Waals surface area contributed by atoms with Crippen LogP contribution in [0.1, 0.15) is 18.1 Å². The minimum absolute atomic E-state index is 0.909. The molecule has 0 aliphatic rings. The van der Waals surface area contributed by atoms with Crippen LogP contribution in [0, 0.1) is 0 Å². The maximum absolute atomic E-state index is 4.50. The van der Waals surface area contributed by atoms with Crippen molar-refractivity contribution in [3.05, 3.63) is 60.2 Å². The van der Waals surface area contributed by atoms with Crippen molar-refractivity contribution < 1.29 is 0 Å². The van der Waals surface area contributed by atoms with Crippen LogP contribution in [0.2, 0.25) is 0 Å². The van der Waals surface area contributed by atoms with Gasteiger partial charge in [-0.05, 0) is 48.2 Å². The van der Waals surface area contributed by atoms with E-state index in [0.717, 1.165) is 36.1 Å². The fourth-order valence-corrected chi connectivity index (χ4v) is 2.57. The van der Waals surface area contributed by atoms with Crippen LogP contribution in [-0.4, -0.2) is 28.5 Å². The van der Waals surface area contributed by atoms with Crippen molar-refractivity contribution in [2.24, 2.45) is 0 Å². The first-order valence-corrected chi connectivity index (χ1v) is 7.61. The fourth-order valence-electron chi connectivity index (χ4n) is 2.57. The van der Waals surface area contributed by atoms with E-state index in [4.69, 9.17) is 0 Å². The van der Waals surface area contributed by atoms with Crippen LogP contribution in [-0.2, 0) is 12.8 Å². The second-order valence-corrected chi connectivity index (χ2v) is 5.43. The van der Waals surface area contributed by atoms with E-state index < -0.39 is 0 Å². The maximum Gasteiger partial charge on any atom is 0.139 e. The van der Waals surface area contributed by atoms with Gasteiger partial charge < -0.3 is 4.90 Å². The lowest BCUT2D eigenvalue weighted by Gasteiger charge is -2.19. The van der Waals surface area contributed by atoms with Crippen LogP contribution in [0.25, 0.3) is 10.9 Å². The van der Waals surface area contributed by atoms with Gasteiger partial charge >= 0.3 is 0 Å². The number of fused-ring (bicyclic) bond motifs is 1. The molecule has 4 heteroatoms. The van der Waals surface area contributed by atoms with Crippen LogP contribution in [0.4, 0.5) is 5.82 Å². The Bertz CT molecular complexity index is 755. The molecule has 0 bridgehead atoms. The average Bonchev–Trinajstić information content (AvgIpc) is 2.59. The Morgan fingerprint density at radius 3 is 2.59 bits per heavy atom. The average molecular weight is 292 g/mol. The molecular formula is C18H20N4. The van der Waals surface area contributed by atoms with Gasteiger partial charge in [0.05, 0.1) is 5.52 Å². The van der Waals surface area contributed by atoms with E-state index in [2.05, 4.69) is 64.2 Å². The molecule has 0 saturated carbocycles. The van der Waals surface area contributed by atoms with Crippen molar-refractivity contribution >= 4 is 16.7 Å². The molecule has 0 N–H and O–H groups in total. The monoisotopic (exact) mass is 292 g/mol. The highest BCUT2D eigenvalue weighted by molar-refractivity contribution is 5.89. The zero-order chi connectivity index (χ0) is 15.4. The summed E-state index contributed by atoms with van der Waals surface area (Å²) in [6, 6.07) is 10.5. The molecule has 0 atom stereocenters. The molecule has 0 radical (unpaired) electrons. The second kappa shape index (κ2) is 6.52. The summed E-state index contributed by atoms with van der Waals surface area (Å²) in [5.41, 5.74) is 3.60. The smallest absolute Gasteiger partial charge is 0.139 e. The van der Waals surface area contributed by atoms with Gasteiger partial charge in [-0.1, -0.05) is 13.0 Å². The Morgan fingerprint density at radius 2 is 1.82 bits per heavy atom. The number of nitrogens with zero attached hydrogens (tertiary/aromatic N) is 4. The number of likely N-dealkylation sites (N-methyl/N-ethyl adjacent to an activating group) is 1. The summed E-state index contributed by atoms with van der Waals surface area (Å²) in [5.74, 6) is 0.995. The standard InChI is InChI=1S/C18H20N4/c1-3-14-4-5-17-16(12-14)18(21-13-20-17)22(2)11-8-15-6-9-19-10-7-15/h4-7,9-10,12-13H,3,8,11H2,1-2H3. The maximum atomic E-state index is 4.50. The molecule has 1 aromatic carbocycles. The topological polar surface area (TPSA) is 41.9 Å².